The maximum atomic E-state index is 10.6. The summed E-state index contributed by atoms with van der Waals surface area (Å²) in [6.45, 7) is 7.50. The molecule has 1 aliphatic rings. The van der Waals surface area contributed by atoms with Crippen molar-refractivity contribution in [1.29, 1.82) is 0 Å². The summed E-state index contributed by atoms with van der Waals surface area (Å²) < 4.78 is 5.34. The molecule has 1 heterocycles. The predicted octanol–water partition coefficient (Wildman–Crippen LogP) is 2.62. The second kappa shape index (κ2) is 5.95. The highest BCUT2D eigenvalue weighted by Gasteiger charge is 2.36. The van der Waals surface area contributed by atoms with Crippen LogP contribution in [-0.2, 0) is 0 Å². The van der Waals surface area contributed by atoms with Gasteiger partial charge < -0.3 is 15.2 Å². The minimum absolute atomic E-state index is 0.345. The summed E-state index contributed by atoms with van der Waals surface area (Å²) in [6, 6.07) is 1.73. The predicted molar refractivity (Wildman–Crippen MR) is 78.9 cm³/mol. The third-order valence-electron chi connectivity index (χ3n) is 4.03. The van der Waals surface area contributed by atoms with Crippen molar-refractivity contribution in [1.82, 2.24) is 9.97 Å². The van der Waals surface area contributed by atoms with Gasteiger partial charge in [0.25, 0.3) is 0 Å². The number of nitrogens with one attached hydrogen (secondary N) is 1. The molecule has 0 saturated heterocycles. The molecule has 0 spiro atoms. The molecule has 2 rings (SSSR count). The van der Waals surface area contributed by atoms with Gasteiger partial charge >= 0.3 is 0 Å². The Hall–Kier alpha value is -1.36. The molecule has 1 aliphatic carbocycles. The van der Waals surface area contributed by atoms with Crippen LogP contribution in [0.4, 0.5) is 5.95 Å². The number of hydrogen-bond donors (Lipinski definition) is 2. The molecule has 0 unspecified atom stereocenters. The maximum Gasteiger partial charge on any atom is 0.226 e. The SMILES string of the molecule is CCOc1ccnc(NCC2(O)CCC(C)(C)CC2)n1. The van der Waals surface area contributed by atoms with Gasteiger partial charge in [0, 0.05) is 18.8 Å². The molecule has 112 valence electrons. The normalized spacial score (nSPS) is 20.4. The monoisotopic (exact) mass is 279 g/mol. The summed E-state index contributed by atoms with van der Waals surface area (Å²) in [4.78, 5) is 8.40. The highest BCUT2D eigenvalue weighted by Crippen LogP contribution is 2.40. The number of anilines is 1. The van der Waals surface area contributed by atoms with E-state index in [9.17, 15) is 5.11 Å². The zero-order valence-electron chi connectivity index (χ0n) is 12.6. The van der Waals surface area contributed by atoms with Gasteiger partial charge in [-0.05, 0) is 38.0 Å². The molecule has 0 radical (unpaired) electrons. The van der Waals surface area contributed by atoms with Gasteiger partial charge in [-0.3, -0.25) is 0 Å². The highest BCUT2D eigenvalue weighted by molar-refractivity contribution is 5.28. The van der Waals surface area contributed by atoms with Crippen molar-refractivity contribution in [2.75, 3.05) is 18.5 Å². The summed E-state index contributed by atoms with van der Waals surface area (Å²) in [5.74, 6) is 1.07. The van der Waals surface area contributed by atoms with Crippen LogP contribution in [0.25, 0.3) is 0 Å². The molecular formula is C15H25N3O2. The zero-order valence-corrected chi connectivity index (χ0v) is 12.6. The van der Waals surface area contributed by atoms with E-state index in [1.165, 1.54) is 0 Å². The molecule has 0 amide bonds. The van der Waals surface area contributed by atoms with Crippen molar-refractivity contribution in [2.45, 2.75) is 52.1 Å². The van der Waals surface area contributed by atoms with Crippen LogP contribution in [0.5, 0.6) is 5.88 Å². The minimum Gasteiger partial charge on any atom is -0.478 e. The first-order chi connectivity index (χ1) is 9.42. The van der Waals surface area contributed by atoms with Gasteiger partial charge in [-0.2, -0.15) is 4.98 Å². The average Bonchev–Trinajstić information content (AvgIpc) is 2.42. The van der Waals surface area contributed by atoms with Gasteiger partial charge in [0.2, 0.25) is 11.8 Å². The topological polar surface area (TPSA) is 67.3 Å². The molecule has 0 bridgehead atoms. The number of nitrogens with zero attached hydrogens (tertiary/aromatic N) is 2. The molecule has 2 N–H and O–H groups in total. The van der Waals surface area contributed by atoms with Crippen molar-refractivity contribution in [3.8, 4) is 5.88 Å². The second-order valence-electron chi connectivity index (χ2n) is 6.39. The Kier molecular flexibility index (Phi) is 4.48. The fourth-order valence-corrected chi connectivity index (χ4v) is 2.47. The van der Waals surface area contributed by atoms with Gasteiger partial charge in [-0.25, -0.2) is 4.98 Å². The minimum atomic E-state index is -0.652. The molecule has 0 aliphatic heterocycles. The summed E-state index contributed by atoms with van der Waals surface area (Å²) in [6.07, 6.45) is 5.39. The Morgan fingerprint density at radius 3 is 2.65 bits per heavy atom. The Morgan fingerprint density at radius 1 is 1.30 bits per heavy atom. The van der Waals surface area contributed by atoms with Crippen LogP contribution >= 0.6 is 0 Å². The first kappa shape index (κ1) is 15.0. The molecule has 1 saturated carbocycles. The molecular weight excluding hydrogens is 254 g/mol. The van der Waals surface area contributed by atoms with E-state index >= 15 is 0 Å². The maximum absolute atomic E-state index is 10.6. The van der Waals surface area contributed by atoms with Crippen molar-refractivity contribution < 1.29 is 9.84 Å². The Morgan fingerprint density at radius 2 is 2.00 bits per heavy atom. The summed E-state index contributed by atoms with van der Waals surface area (Å²) in [5, 5.41) is 13.7. The lowest BCUT2D eigenvalue weighted by atomic mass is 9.71. The van der Waals surface area contributed by atoms with Crippen molar-refractivity contribution >= 4 is 5.95 Å². The lowest BCUT2D eigenvalue weighted by molar-refractivity contribution is -0.0146. The summed E-state index contributed by atoms with van der Waals surface area (Å²) >= 11 is 0. The molecule has 1 aromatic heterocycles. The fraction of sp³-hybridized carbons (Fsp3) is 0.733. The summed E-state index contributed by atoms with van der Waals surface area (Å²) in [5.41, 5.74) is -0.307. The van der Waals surface area contributed by atoms with Crippen molar-refractivity contribution in [2.24, 2.45) is 5.41 Å². The largest absolute Gasteiger partial charge is 0.478 e. The molecule has 1 fully saturated rings. The number of ether oxygens (including phenoxy) is 1. The summed E-state index contributed by atoms with van der Waals surface area (Å²) in [7, 11) is 0. The Balaban J connectivity index is 1.90. The first-order valence-corrected chi connectivity index (χ1v) is 7.35. The van der Waals surface area contributed by atoms with E-state index in [0.29, 0.717) is 30.4 Å². The molecule has 5 nitrogen and oxygen atoms in total. The number of hydrogen-bond acceptors (Lipinski definition) is 5. The van der Waals surface area contributed by atoms with Gasteiger partial charge in [0.05, 0.1) is 12.2 Å². The van der Waals surface area contributed by atoms with Crippen LogP contribution in [0.15, 0.2) is 12.3 Å². The molecule has 20 heavy (non-hydrogen) atoms. The van der Waals surface area contributed by atoms with Crippen LogP contribution in [0, 0.1) is 5.41 Å². The number of aromatic nitrogens is 2. The third kappa shape index (κ3) is 4.07. The van der Waals surface area contributed by atoms with E-state index in [2.05, 4.69) is 29.1 Å². The third-order valence-corrected chi connectivity index (χ3v) is 4.03. The van der Waals surface area contributed by atoms with E-state index in [1.54, 1.807) is 12.3 Å². The van der Waals surface area contributed by atoms with Gasteiger partial charge in [-0.1, -0.05) is 13.8 Å². The van der Waals surface area contributed by atoms with Gasteiger partial charge in [-0.15, -0.1) is 0 Å². The van der Waals surface area contributed by atoms with E-state index in [0.717, 1.165) is 25.7 Å². The quantitative estimate of drug-likeness (QED) is 0.867. The van der Waals surface area contributed by atoms with E-state index in [-0.39, 0.29) is 0 Å². The van der Waals surface area contributed by atoms with E-state index in [4.69, 9.17) is 4.74 Å². The van der Waals surface area contributed by atoms with Gasteiger partial charge in [0.15, 0.2) is 0 Å². The van der Waals surface area contributed by atoms with Crippen molar-refractivity contribution in [3.63, 3.8) is 0 Å². The Bertz CT molecular complexity index is 438. The standard InChI is InChI=1S/C15H25N3O2/c1-4-20-12-5-10-16-13(18-12)17-11-15(19)8-6-14(2,3)7-9-15/h5,10,19H,4,6-9,11H2,1-3H3,(H,16,17,18). The average molecular weight is 279 g/mol. The fourth-order valence-electron chi connectivity index (χ4n) is 2.47. The van der Waals surface area contributed by atoms with Crippen molar-refractivity contribution in [3.05, 3.63) is 12.3 Å². The molecule has 1 aromatic rings. The van der Waals surface area contributed by atoms with Crippen LogP contribution in [-0.4, -0.2) is 33.8 Å². The second-order valence-corrected chi connectivity index (χ2v) is 6.39. The molecule has 5 heteroatoms. The van der Waals surface area contributed by atoms with E-state index < -0.39 is 5.60 Å². The van der Waals surface area contributed by atoms with Crippen LogP contribution < -0.4 is 10.1 Å². The van der Waals surface area contributed by atoms with Crippen LogP contribution in [0.2, 0.25) is 0 Å². The smallest absolute Gasteiger partial charge is 0.226 e. The lowest BCUT2D eigenvalue weighted by Crippen LogP contribution is -2.42. The van der Waals surface area contributed by atoms with E-state index in [1.807, 2.05) is 6.92 Å². The number of rotatable bonds is 5. The lowest BCUT2D eigenvalue weighted by Gasteiger charge is -2.40. The van der Waals surface area contributed by atoms with Gasteiger partial charge in [0.1, 0.15) is 0 Å². The first-order valence-electron chi connectivity index (χ1n) is 7.35. The zero-order chi connectivity index (χ0) is 14.6. The molecule has 0 atom stereocenters. The van der Waals surface area contributed by atoms with Crippen LogP contribution in [0.3, 0.4) is 0 Å². The number of aliphatic hydroxyl groups is 1. The Labute approximate surface area is 120 Å². The highest BCUT2D eigenvalue weighted by atomic mass is 16.5. The molecule has 0 aromatic carbocycles. The van der Waals surface area contributed by atoms with Crippen LogP contribution in [0.1, 0.15) is 46.5 Å².